The third-order valence-electron chi connectivity index (χ3n) is 1.96. The van der Waals surface area contributed by atoms with Gasteiger partial charge in [0.2, 0.25) is 0 Å². The standard InChI is InChI=1S/C10H9NO4/c1-15-10(14)9-7(5-12)6(4-11)2-3-8(9)13/h2-3,12-13H,5H2,1H3. The number of aromatic hydroxyl groups is 1. The summed E-state index contributed by atoms with van der Waals surface area (Å²) in [6, 6.07) is 4.35. The first kappa shape index (κ1) is 11.0. The van der Waals surface area contributed by atoms with Crippen molar-refractivity contribution in [2.24, 2.45) is 0 Å². The average molecular weight is 207 g/mol. The highest BCUT2D eigenvalue weighted by Crippen LogP contribution is 2.25. The van der Waals surface area contributed by atoms with E-state index in [0.29, 0.717) is 0 Å². The Bertz CT molecular complexity index is 434. The molecule has 0 bridgehead atoms. The van der Waals surface area contributed by atoms with Crippen LogP contribution in [0.2, 0.25) is 0 Å². The van der Waals surface area contributed by atoms with E-state index in [0.717, 1.165) is 7.11 Å². The Morgan fingerprint density at radius 2 is 2.27 bits per heavy atom. The van der Waals surface area contributed by atoms with Crippen molar-refractivity contribution in [2.45, 2.75) is 6.61 Å². The number of hydrogen-bond donors (Lipinski definition) is 2. The number of nitriles is 1. The smallest absolute Gasteiger partial charge is 0.342 e. The van der Waals surface area contributed by atoms with Crippen molar-refractivity contribution in [1.29, 1.82) is 5.26 Å². The molecule has 5 heteroatoms. The molecule has 0 radical (unpaired) electrons. The van der Waals surface area contributed by atoms with Gasteiger partial charge in [0.25, 0.3) is 0 Å². The molecule has 0 saturated carbocycles. The van der Waals surface area contributed by atoms with E-state index in [-0.39, 0.29) is 22.4 Å². The van der Waals surface area contributed by atoms with E-state index in [1.54, 1.807) is 0 Å². The molecule has 1 aromatic carbocycles. The second-order valence-corrected chi connectivity index (χ2v) is 2.75. The normalized spacial score (nSPS) is 9.40. The Hall–Kier alpha value is -2.06. The monoisotopic (exact) mass is 207 g/mol. The van der Waals surface area contributed by atoms with E-state index >= 15 is 0 Å². The molecule has 1 aromatic rings. The van der Waals surface area contributed by atoms with Gasteiger partial charge < -0.3 is 14.9 Å². The highest BCUT2D eigenvalue weighted by atomic mass is 16.5. The van der Waals surface area contributed by atoms with Crippen LogP contribution in [0.25, 0.3) is 0 Å². The number of methoxy groups -OCH3 is 1. The number of carbonyl (C=O) groups excluding carboxylic acids is 1. The number of nitrogens with zero attached hydrogens (tertiary/aromatic N) is 1. The molecule has 0 aliphatic heterocycles. The predicted octanol–water partition coefficient (Wildman–Crippen LogP) is 0.543. The van der Waals surface area contributed by atoms with E-state index in [2.05, 4.69) is 4.74 Å². The number of benzene rings is 1. The van der Waals surface area contributed by atoms with E-state index in [9.17, 15) is 9.90 Å². The van der Waals surface area contributed by atoms with Crippen LogP contribution in [0.3, 0.4) is 0 Å². The van der Waals surface area contributed by atoms with Gasteiger partial charge in [-0.15, -0.1) is 0 Å². The Morgan fingerprint density at radius 3 is 2.73 bits per heavy atom. The number of esters is 1. The molecule has 15 heavy (non-hydrogen) atoms. The molecule has 0 spiro atoms. The fraction of sp³-hybridized carbons (Fsp3) is 0.200. The maximum Gasteiger partial charge on any atom is 0.342 e. The minimum absolute atomic E-state index is 0.0735. The van der Waals surface area contributed by atoms with Crippen molar-refractivity contribution in [3.8, 4) is 11.8 Å². The first-order chi connectivity index (χ1) is 7.15. The van der Waals surface area contributed by atoms with E-state index < -0.39 is 12.6 Å². The number of ether oxygens (including phenoxy) is 1. The summed E-state index contributed by atoms with van der Waals surface area (Å²) in [5, 5.41) is 27.2. The van der Waals surface area contributed by atoms with Crippen molar-refractivity contribution in [3.05, 3.63) is 28.8 Å². The SMILES string of the molecule is COC(=O)c1c(O)ccc(C#N)c1CO. The molecular formula is C10H9NO4. The molecule has 0 fully saturated rings. The summed E-state index contributed by atoms with van der Waals surface area (Å²) in [6.45, 7) is -0.512. The van der Waals surface area contributed by atoms with Crippen molar-refractivity contribution < 1.29 is 19.7 Å². The molecule has 0 saturated heterocycles. The second-order valence-electron chi connectivity index (χ2n) is 2.75. The van der Waals surface area contributed by atoms with Gasteiger partial charge in [0.1, 0.15) is 11.3 Å². The maximum atomic E-state index is 11.3. The zero-order valence-electron chi connectivity index (χ0n) is 8.02. The van der Waals surface area contributed by atoms with Crippen molar-refractivity contribution >= 4 is 5.97 Å². The molecule has 0 atom stereocenters. The third-order valence-corrected chi connectivity index (χ3v) is 1.96. The molecule has 0 aromatic heterocycles. The zero-order valence-corrected chi connectivity index (χ0v) is 8.02. The van der Waals surface area contributed by atoms with Crippen LogP contribution in [-0.2, 0) is 11.3 Å². The van der Waals surface area contributed by atoms with E-state index in [4.69, 9.17) is 10.4 Å². The lowest BCUT2D eigenvalue weighted by atomic mass is 10.0. The summed E-state index contributed by atoms with van der Waals surface area (Å²) < 4.78 is 4.44. The number of hydrogen-bond acceptors (Lipinski definition) is 5. The summed E-state index contributed by atoms with van der Waals surface area (Å²) in [5.41, 5.74) is 0.0408. The van der Waals surface area contributed by atoms with Crippen LogP contribution in [0.15, 0.2) is 12.1 Å². The largest absolute Gasteiger partial charge is 0.507 e. The van der Waals surface area contributed by atoms with Gasteiger partial charge in [-0.1, -0.05) is 0 Å². The summed E-state index contributed by atoms with van der Waals surface area (Å²) in [6.07, 6.45) is 0. The Kier molecular flexibility index (Phi) is 3.26. The van der Waals surface area contributed by atoms with Crippen molar-refractivity contribution in [1.82, 2.24) is 0 Å². The van der Waals surface area contributed by atoms with Crippen LogP contribution in [0.1, 0.15) is 21.5 Å². The first-order valence-electron chi connectivity index (χ1n) is 4.09. The van der Waals surface area contributed by atoms with Gasteiger partial charge in [0.15, 0.2) is 0 Å². The number of carbonyl (C=O) groups is 1. The summed E-state index contributed by atoms with van der Waals surface area (Å²) >= 11 is 0. The van der Waals surface area contributed by atoms with E-state index in [1.807, 2.05) is 6.07 Å². The molecule has 5 nitrogen and oxygen atoms in total. The van der Waals surface area contributed by atoms with Gasteiger partial charge in [0.05, 0.1) is 25.3 Å². The average Bonchev–Trinajstić information content (AvgIpc) is 2.27. The Labute approximate surface area is 86.1 Å². The summed E-state index contributed by atoms with van der Waals surface area (Å²) in [5.74, 6) is -1.10. The Morgan fingerprint density at radius 1 is 1.60 bits per heavy atom. The number of aliphatic hydroxyl groups is 1. The number of phenolic OH excluding ortho intramolecular Hbond substituents is 1. The summed E-state index contributed by atoms with van der Waals surface area (Å²) in [4.78, 5) is 11.3. The molecule has 78 valence electrons. The predicted molar refractivity (Wildman–Crippen MR) is 50.1 cm³/mol. The second kappa shape index (κ2) is 4.44. The van der Waals surface area contributed by atoms with Gasteiger partial charge in [-0.3, -0.25) is 0 Å². The van der Waals surface area contributed by atoms with E-state index in [1.165, 1.54) is 12.1 Å². The first-order valence-corrected chi connectivity index (χ1v) is 4.09. The molecule has 0 heterocycles. The minimum atomic E-state index is -0.784. The fourth-order valence-corrected chi connectivity index (χ4v) is 1.23. The topological polar surface area (TPSA) is 90.5 Å². The molecule has 0 aliphatic rings. The van der Waals surface area contributed by atoms with Gasteiger partial charge in [0, 0.05) is 5.56 Å². The Balaban J connectivity index is 3.47. The highest BCUT2D eigenvalue weighted by molar-refractivity contribution is 5.94. The fourth-order valence-electron chi connectivity index (χ4n) is 1.23. The minimum Gasteiger partial charge on any atom is -0.507 e. The quantitative estimate of drug-likeness (QED) is 0.691. The van der Waals surface area contributed by atoms with Crippen LogP contribution in [-0.4, -0.2) is 23.3 Å². The van der Waals surface area contributed by atoms with Gasteiger partial charge >= 0.3 is 5.97 Å². The summed E-state index contributed by atoms with van der Waals surface area (Å²) in [7, 11) is 1.15. The number of aliphatic hydroxyl groups excluding tert-OH is 1. The van der Waals surface area contributed by atoms with Gasteiger partial charge in [-0.25, -0.2) is 4.79 Å². The lowest BCUT2D eigenvalue weighted by Gasteiger charge is -2.08. The van der Waals surface area contributed by atoms with Crippen LogP contribution in [0.4, 0.5) is 0 Å². The maximum absolute atomic E-state index is 11.3. The van der Waals surface area contributed by atoms with Gasteiger partial charge in [-0.05, 0) is 12.1 Å². The molecule has 2 N–H and O–H groups in total. The molecule has 0 amide bonds. The molecule has 0 aliphatic carbocycles. The van der Waals surface area contributed by atoms with Crippen LogP contribution in [0.5, 0.6) is 5.75 Å². The number of phenols is 1. The molecule has 0 unspecified atom stereocenters. The third kappa shape index (κ3) is 1.90. The van der Waals surface area contributed by atoms with Gasteiger partial charge in [-0.2, -0.15) is 5.26 Å². The van der Waals surface area contributed by atoms with Crippen LogP contribution >= 0.6 is 0 Å². The molecule has 1 rings (SSSR count). The number of rotatable bonds is 2. The van der Waals surface area contributed by atoms with Crippen molar-refractivity contribution in [2.75, 3.05) is 7.11 Å². The highest BCUT2D eigenvalue weighted by Gasteiger charge is 2.19. The van der Waals surface area contributed by atoms with Crippen molar-refractivity contribution in [3.63, 3.8) is 0 Å². The lowest BCUT2D eigenvalue weighted by Crippen LogP contribution is -2.08. The van der Waals surface area contributed by atoms with Crippen LogP contribution < -0.4 is 0 Å². The molecular weight excluding hydrogens is 198 g/mol. The zero-order chi connectivity index (χ0) is 11.4. The van der Waals surface area contributed by atoms with Crippen LogP contribution in [0, 0.1) is 11.3 Å². The lowest BCUT2D eigenvalue weighted by molar-refractivity contribution is 0.0593.